The summed E-state index contributed by atoms with van der Waals surface area (Å²) in [4.78, 5) is 17.2. The predicted molar refractivity (Wildman–Crippen MR) is 130 cm³/mol. The van der Waals surface area contributed by atoms with E-state index >= 15 is 0 Å². The number of ether oxygens (including phenoxy) is 2. The Morgan fingerprint density at radius 3 is 2.88 bits per heavy atom. The predicted octanol–water partition coefficient (Wildman–Crippen LogP) is 2.83. The van der Waals surface area contributed by atoms with Gasteiger partial charge in [-0.3, -0.25) is 4.79 Å². The lowest BCUT2D eigenvalue weighted by Crippen LogP contribution is -2.23. The Labute approximate surface area is 202 Å². The Hall–Kier alpha value is -3.68. The molecule has 4 aromatic rings. The summed E-state index contributed by atoms with van der Waals surface area (Å²) in [6, 6.07) is 11.1. The van der Waals surface area contributed by atoms with Crippen molar-refractivity contribution in [2.45, 2.75) is 13.5 Å². The highest BCUT2D eigenvalue weighted by atomic mass is 127. The molecule has 0 spiro atoms. The van der Waals surface area contributed by atoms with E-state index in [0.29, 0.717) is 29.4 Å². The highest BCUT2D eigenvalue weighted by molar-refractivity contribution is 14.1. The van der Waals surface area contributed by atoms with Crippen molar-refractivity contribution in [3.05, 3.63) is 45.5 Å². The Morgan fingerprint density at radius 1 is 1.33 bits per heavy atom. The molecular weight excluding hydrogens is 541 g/mol. The number of halogens is 1. The second-order valence-electron chi connectivity index (χ2n) is 6.77. The molecular formula is C21H20IN7O4. The zero-order valence-electron chi connectivity index (χ0n) is 17.8. The first-order valence-corrected chi connectivity index (χ1v) is 11.0. The molecule has 0 saturated heterocycles. The number of imidazole rings is 1. The van der Waals surface area contributed by atoms with Crippen LogP contribution in [-0.4, -0.2) is 45.7 Å². The van der Waals surface area contributed by atoms with Gasteiger partial charge in [0.25, 0.3) is 5.91 Å². The number of amides is 1. The smallest absolute Gasteiger partial charge is 0.260 e. The highest BCUT2D eigenvalue weighted by Gasteiger charge is 2.20. The summed E-state index contributed by atoms with van der Waals surface area (Å²) < 4.78 is 18.3. The fourth-order valence-corrected chi connectivity index (χ4v) is 4.09. The summed E-state index contributed by atoms with van der Waals surface area (Å²) in [5, 5.41) is 11.5. The van der Waals surface area contributed by atoms with Crippen molar-refractivity contribution >= 4 is 51.6 Å². The molecule has 3 N–H and O–H groups in total. The fraction of sp³-hybridized carbons (Fsp3) is 0.190. The van der Waals surface area contributed by atoms with Crippen LogP contribution in [0.1, 0.15) is 12.5 Å². The first kappa shape index (κ1) is 22.5. The summed E-state index contributed by atoms with van der Waals surface area (Å²) in [6.45, 7) is 2.32. The van der Waals surface area contributed by atoms with Crippen molar-refractivity contribution in [1.29, 1.82) is 0 Å². The van der Waals surface area contributed by atoms with E-state index in [1.54, 1.807) is 17.7 Å². The molecule has 4 rings (SSSR count). The number of carbonyl (C=O) groups is 1. The number of anilines is 1. The number of nitrogens with two attached hydrogens (primary N) is 1. The van der Waals surface area contributed by atoms with Crippen molar-refractivity contribution in [1.82, 2.24) is 25.3 Å². The normalized spacial score (nSPS) is 11.2. The quantitative estimate of drug-likeness (QED) is 0.190. The van der Waals surface area contributed by atoms with Crippen LogP contribution in [-0.2, 0) is 11.3 Å². The third-order valence-electron chi connectivity index (χ3n) is 4.62. The largest absolute Gasteiger partial charge is 0.492 e. The number of hydrazone groups is 1. The maximum atomic E-state index is 12.7. The number of para-hydroxylation sites is 2. The molecule has 12 heteroatoms. The summed E-state index contributed by atoms with van der Waals surface area (Å²) in [6.07, 6.45) is 1.54. The summed E-state index contributed by atoms with van der Waals surface area (Å²) >= 11 is 2.16. The van der Waals surface area contributed by atoms with Gasteiger partial charge >= 0.3 is 0 Å². The highest BCUT2D eigenvalue weighted by Crippen LogP contribution is 2.33. The molecule has 0 aliphatic rings. The van der Waals surface area contributed by atoms with Gasteiger partial charge in [0, 0.05) is 0 Å². The van der Waals surface area contributed by atoms with Crippen LogP contribution in [0.15, 0.2) is 46.1 Å². The first-order valence-electron chi connectivity index (χ1n) is 9.87. The number of benzene rings is 2. The molecule has 0 aliphatic carbocycles. The zero-order chi connectivity index (χ0) is 23.4. The van der Waals surface area contributed by atoms with Crippen LogP contribution >= 0.6 is 22.6 Å². The van der Waals surface area contributed by atoms with Gasteiger partial charge in [-0.05, 0) is 69.7 Å². The second-order valence-corrected chi connectivity index (χ2v) is 7.93. The van der Waals surface area contributed by atoms with Crippen LogP contribution in [0.25, 0.3) is 22.6 Å². The minimum absolute atomic E-state index is 0.0656. The van der Waals surface area contributed by atoms with Crippen LogP contribution in [0.4, 0.5) is 5.82 Å². The Morgan fingerprint density at radius 2 is 2.15 bits per heavy atom. The van der Waals surface area contributed by atoms with Crippen molar-refractivity contribution in [2.75, 3.05) is 19.5 Å². The molecule has 0 aliphatic heterocycles. The Bertz CT molecular complexity index is 1330. The van der Waals surface area contributed by atoms with Gasteiger partial charge in [-0.2, -0.15) is 5.10 Å². The molecule has 11 nitrogen and oxygen atoms in total. The summed E-state index contributed by atoms with van der Waals surface area (Å²) in [5.41, 5.74) is 10.8. The van der Waals surface area contributed by atoms with Crippen molar-refractivity contribution in [3.63, 3.8) is 0 Å². The molecule has 0 saturated carbocycles. The number of hydrogen-bond donors (Lipinski definition) is 2. The van der Waals surface area contributed by atoms with E-state index in [4.69, 9.17) is 19.8 Å². The van der Waals surface area contributed by atoms with Crippen molar-refractivity contribution in [3.8, 4) is 23.0 Å². The number of methoxy groups -OCH3 is 1. The number of hydrogen-bond acceptors (Lipinski definition) is 9. The van der Waals surface area contributed by atoms with Crippen molar-refractivity contribution < 1.29 is 18.9 Å². The van der Waals surface area contributed by atoms with Gasteiger partial charge in [0.05, 0.1) is 34.5 Å². The number of nitrogen functional groups attached to an aromatic ring is 1. The van der Waals surface area contributed by atoms with Gasteiger partial charge < -0.3 is 19.8 Å². The minimum Gasteiger partial charge on any atom is -0.492 e. The number of carbonyl (C=O) groups excluding carboxylic acids is 1. The number of nitrogens with one attached hydrogen (secondary N) is 1. The summed E-state index contributed by atoms with van der Waals surface area (Å²) in [7, 11) is 1.59. The lowest BCUT2D eigenvalue weighted by Gasteiger charge is -2.11. The second kappa shape index (κ2) is 9.85. The summed E-state index contributed by atoms with van der Waals surface area (Å²) in [5.74, 6) is 1.36. The van der Waals surface area contributed by atoms with E-state index in [0.717, 1.165) is 14.7 Å². The average molecular weight is 561 g/mol. The fourth-order valence-electron chi connectivity index (χ4n) is 3.25. The van der Waals surface area contributed by atoms with Crippen LogP contribution in [0.2, 0.25) is 0 Å². The number of rotatable bonds is 8. The lowest BCUT2D eigenvalue weighted by atomic mass is 10.2. The van der Waals surface area contributed by atoms with Gasteiger partial charge in [0.2, 0.25) is 0 Å². The third kappa shape index (κ3) is 4.74. The molecule has 0 unspecified atom stereocenters. The van der Waals surface area contributed by atoms with Crippen LogP contribution in [0, 0.1) is 3.57 Å². The lowest BCUT2D eigenvalue weighted by molar-refractivity contribution is -0.121. The topological polar surface area (TPSA) is 143 Å². The molecule has 0 bridgehead atoms. The number of nitrogens with zero attached hydrogens (tertiary/aromatic N) is 5. The van der Waals surface area contributed by atoms with E-state index in [-0.39, 0.29) is 24.0 Å². The van der Waals surface area contributed by atoms with Gasteiger partial charge in [-0.15, -0.1) is 0 Å². The maximum Gasteiger partial charge on any atom is 0.260 e. The van der Waals surface area contributed by atoms with E-state index in [1.807, 2.05) is 37.3 Å². The molecule has 2 heterocycles. The molecule has 0 radical (unpaired) electrons. The van der Waals surface area contributed by atoms with Gasteiger partial charge in [-0.25, -0.2) is 15.0 Å². The van der Waals surface area contributed by atoms with E-state index < -0.39 is 0 Å². The van der Waals surface area contributed by atoms with Crippen LogP contribution < -0.4 is 20.6 Å². The first-order chi connectivity index (χ1) is 16.0. The van der Waals surface area contributed by atoms with E-state index in [9.17, 15) is 4.79 Å². The standard InChI is InChI=1S/C21H20IN7O4/c1-3-32-16-9-12(8-13(22)19(16)31-2)10-24-26-17(30)11-29-15-7-5-4-6-14(15)25-21(29)18-20(23)28-33-27-18/h4-10H,3,11H2,1-2H3,(H2,23,28)(H,26,30)/b24-10+. The Balaban J connectivity index is 1.55. The van der Waals surface area contributed by atoms with E-state index in [2.05, 4.69) is 48.4 Å². The molecule has 0 fully saturated rings. The van der Waals surface area contributed by atoms with E-state index in [1.165, 1.54) is 6.21 Å². The number of fused-ring (bicyclic) bond motifs is 1. The molecule has 0 atom stereocenters. The molecule has 2 aromatic carbocycles. The number of aromatic nitrogens is 4. The zero-order valence-corrected chi connectivity index (χ0v) is 19.9. The Kier molecular flexibility index (Phi) is 6.72. The van der Waals surface area contributed by atoms with Crippen molar-refractivity contribution in [2.24, 2.45) is 5.10 Å². The third-order valence-corrected chi connectivity index (χ3v) is 5.42. The van der Waals surface area contributed by atoms with Crippen LogP contribution in [0.5, 0.6) is 11.5 Å². The van der Waals surface area contributed by atoms with Gasteiger partial charge in [0.1, 0.15) is 6.54 Å². The monoisotopic (exact) mass is 561 g/mol. The molecule has 33 heavy (non-hydrogen) atoms. The minimum atomic E-state index is -0.362. The molecule has 2 aromatic heterocycles. The maximum absolute atomic E-state index is 12.7. The molecule has 1 amide bonds. The molecule has 170 valence electrons. The average Bonchev–Trinajstić information content (AvgIpc) is 3.37. The van der Waals surface area contributed by atoms with Gasteiger partial charge in [-0.1, -0.05) is 12.1 Å². The van der Waals surface area contributed by atoms with Gasteiger partial charge in [0.15, 0.2) is 28.8 Å². The SMILES string of the molecule is CCOc1cc(/C=N/NC(=O)Cn2c(-c3nonc3N)nc3ccccc32)cc(I)c1OC. The van der Waals surface area contributed by atoms with Crippen LogP contribution in [0.3, 0.4) is 0 Å².